The van der Waals surface area contributed by atoms with E-state index in [0.717, 1.165) is 49.2 Å². The number of rotatable bonds is 5. The van der Waals surface area contributed by atoms with Crippen molar-refractivity contribution in [3.8, 4) is 56.4 Å². The van der Waals surface area contributed by atoms with E-state index in [9.17, 15) is 15.3 Å². The van der Waals surface area contributed by atoms with Gasteiger partial charge in [-0.2, -0.15) is 0 Å². The van der Waals surface area contributed by atoms with E-state index in [1.54, 1.807) is 7.11 Å². The van der Waals surface area contributed by atoms with Crippen molar-refractivity contribution >= 4 is 38.4 Å². The number of methoxy groups -OCH3 is 1. The molecule has 45 heavy (non-hydrogen) atoms. The van der Waals surface area contributed by atoms with Crippen LogP contribution in [0.3, 0.4) is 0 Å². The van der Waals surface area contributed by atoms with Gasteiger partial charge in [0, 0.05) is 22.3 Å². The number of aromatic hydroxyl groups is 3. The van der Waals surface area contributed by atoms with Crippen LogP contribution in [0.15, 0.2) is 115 Å². The number of fused-ring (bicyclic) bond motifs is 3. The molecule has 0 aromatic heterocycles. The molecule has 0 saturated carbocycles. The molecule has 7 aromatic rings. The number of ether oxygens (including phenoxy) is 1. The molecule has 0 aliphatic carbocycles. The Kier molecular flexibility index (Phi) is 6.90. The number of phenols is 3. The van der Waals surface area contributed by atoms with Crippen LogP contribution in [0.2, 0.25) is 0 Å². The first-order chi connectivity index (χ1) is 21.9. The van der Waals surface area contributed by atoms with E-state index < -0.39 is 17.2 Å². The van der Waals surface area contributed by atoms with Crippen LogP contribution < -0.4 is 4.74 Å². The second kappa shape index (κ2) is 11.1. The number of phenolic OH excluding ortho intramolecular Hbond substituents is 3. The van der Waals surface area contributed by atoms with E-state index in [0.29, 0.717) is 22.4 Å². The molecule has 7 aromatic carbocycles. The molecule has 0 amide bonds. The molecule has 0 aliphatic rings. The highest BCUT2D eigenvalue weighted by Crippen LogP contribution is 2.54. The molecule has 4 heteroatoms. The zero-order chi connectivity index (χ0) is 31.2. The number of para-hydroxylation sites is 1. The van der Waals surface area contributed by atoms with Crippen molar-refractivity contribution < 1.29 is 20.1 Å². The second-order valence-electron chi connectivity index (χ2n) is 11.2. The summed E-state index contributed by atoms with van der Waals surface area (Å²) in [5.74, 6) is -0.794. The Morgan fingerprint density at radius 1 is 0.556 bits per heavy atom. The highest BCUT2D eigenvalue weighted by Gasteiger charge is 2.26. The van der Waals surface area contributed by atoms with E-state index in [-0.39, 0.29) is 0 Å². The molecular formula is C41H32O4. The van der Waals surface area contributed by atoms with E-state index in [1.165, 1.54) is 17.0 Å². The Morgan fingerprint density at radius 2 is 1.11 bits per heavy atom. The predicted octanol–water partition coefficient (Wildman–Crippen LogP) is 10.6. The topological polar surface area (TPSA) is 69.9 Å². The molecule has 0 heterocycles. The molecule has 0 bridgehead atoms. The summed E-state index contributed by atoms with van der Waals surface area (Å²) >= 11 is 0. The van der Waals surface area contributed by atoms with Crippen molar-refractivity contribution in [2.75, 3.05) is 7.11 Å². The Morgan fingerprint density at radius 3 is 1.73 bits per heavy atom. The molecule has 0 atom stereocenters. The summed E-state index contributed by atoms with van der Waals surface area (Å²) in [7, 11) is 1.59. The Labute approximate surface area is 261 Å². The number of aryl methyl sites for hydroxylation is 1. The standard InChI is InChI=1S/C41H32O4/c1-4-13-27-24(2)26-15-6-5-14-25(26)22-33(27)37-29-17-7-9-19-31(29)38(32-20-10-8-18-30(32)37)39-34(23-35(42)40(43)41(39)44)28-16-11-12-21-36(28)45-3/h4-23,42-44H,1-3H3/b13-4-. The number of allylic oxidation sites excluding steroid dienone is 1. The van der Waals surface area contributed by atoms with Gasteiger partial charge in [-0.15, -0.1) is 0 Å². The molecule has 7 rings (SSSR count). The maximum absolute atomic E-state index is 11.7. The highest BCUT2D eigenvalue weighted by molar-refractivity contribution is 6.24. The van der Waals surface area contributed by atoms with Gasteiger partial charge >= 0.3 is 0 Å². The van der Waals surface area contributed by atoms with Crippen molar-refractivity contribution in [1.29, 1.82) is 0 Å². The van der Waals surface area contributed by atoms with E-state index in [4.69, 9.17) is 4.74 Å². The number of benzene rings is 7. The van der Waals surface area contributed by atoms with Gasteiger partial charge in [-0.25, -0.2) is 0 Å². The minimum absolute atomic E-state index is 0.393. The van der Waals surface area contributed by atoms with E-state index >= 15 is 0 Å². The van der Waals surface area contributed by atoms with Crippen molar-refractivity contribution in [3.05, 3.63) is 126 Å². The van der Waals surface area contributed by atoms with Crippen LogP contribution in [0, 0.1) is 6.92 Å². The van der Waals surface area contributed by atoms with Gasteiger partial charge in [0.1, 0.15) is 5.75 Å². The Balaban J connectivity index is 1.69. The summed E-state index contributed by atoms with van der Waals surface area (Å²) < 4.78 is 5.70. The second-order valence-corrected chi connectivity index (χ2v) is 11.2. The largest absolute Gasteiger partial charge is 0.504 e. The van der Waals surface area contributed by atoms with Crippen LogP contribution >= 0.6 is 0 Å². The number of hydrogen-bond acceptors (Lipinski definition) is 4. The lowest BCUT2D eigenvalue weighted by Crippen LogP contribution is -1.97. The van der Waals surface area contributed by atoms with Crippen molar-refractivity contribution in [2.45, 2.75) is 13.8 Å². The summed E-state index contributed by atoms with van der Waals surface area (Å²) in [5, 5.41) is 39.5. The summed E-state index contributed by atoms with van der Waals surface area (Å²) in [5.41, 5.74) is 6.95. The van der Waals surface area contributed by atoms with Crippen LogP contribution in [0.5, 0.6) is 23.0 Å². The number of hydrogen-bond donors (Lipinski definition) is 3. The highest BCUT2D eigenvalue weighted by atomic mass is 16.5. The van der Waals surface area contributed by atoms with Gasteiger partial charge < -0.3 is 20.1 Å². The van der Waals surface area contributed by atoms with Gasteiger partial charge in [-0.1, -0.05) is 103 Å². The first-order valence-electron chi connectivity index (χ1n) is 14.9. The van der Waals surface area contributed by atoms with Crippen molar-refractivity contribution in [3.63, 3.8) is 0 Å². The quantitative estimate of drug-likeness (QED) is 0.138. The monoisotopic (exact) mass is 588 g/mol. The molecule has 0 saturated heterocycles. The summed E-state index contributed by atoms with van der Waals surface area (Å²) in [4.78, 5) is 0. The van der Waals surface area contributed by atoms with Gasteiger partial charge in [0.05, 0.1) is 7.11 Å². The van der Waals surface area contributed by atoms with Crippen LogP contribution in [0.25, 0.3) is 71.8 Å². The minimum Gasteiger partial charge on any atom is -0.504 e. The Hall–Kier alpha value is -5.74. The smallest absolute Gasteiger partial charge is 0.200 e. The van der Waals surface area contributed by atoms with Gasteiger partial charge in [0.15, 0.2) is 11.5 Å². The van der Waals surface area contributed by atoms with Crippen LogP contribution in [-0.2, 0) is 0 Å². The summed E-state index contributed by atoms with van der Waals surface area (Å²) in [6.07, 6.45) is 4.26. The minimum atomic E-state index is -0.568. The van der Waals surface area contributed by atoms with Gasteiger partial charge in [0.2, 0.25) is 5.75 Å². The van der Waals surface area contributed by atoms with Crippen LogP contribution in [-0.4, -0.2) is 22.4 Å². The van der Waals surface area contributed by atoms with Crippen molar-refractivity contribution in [1.82, 2.24) is 0 Å². The fourth-order valence-electron chi connectivity index (χ4n) is 6.80. The van der Waals surface area contributed by atoms with Crippen LogP contribution in [0.1, 0.15) is 18.1 Å². The molecule has 0 unspecified atom stereocenters. The fourth-order valence-corrected chi connectivity index (χ4v) is 6.80. The van der Waals surface area contributed by atoms with Crippen molar-refractivity contribution in [2.24, 2.45) is 0 Å². The molecule has 0 aliphatic heterocycles. The third-order valence-electron chi connectivity index (χ3n) is 8.79. The molecule has 0 fully saturated rings. The van der Waals surface area contributed by atoms with E-state index in [1.807, 2.05) is 55.5 Å². The van der Waals surface area contributed by atoms with Gasteiger partial charge in [-0.3, -0.25) is 0 Å². The fraction of sp³-hybridized carbons (Fsp3) is 0.0732. The SMILES string of the molecule is C/C=C\c1c(-c2c3ccccc3c(-c3c(-c4ccccc4OC)cc(O)c(O)c3O)c3ccccc23)cc2ccccc2c1C. The predicted molar refractivity (Wildman–Crippen MR) is 186 cm³/mol. The zero-order valence-electron chi connectivity index (χ0n) is 25.3. The van der Waals surface area contributed by atoms with E-state index in [2.05, 4.69) is 73.7 Å². The average Bonchev–Trinajstić information content (AvgIpc) is 3.07. The van der Waals surface area contributed by atoms with Gasteiger partial charge in [0.25, 0.3) is 0 Å². The first-order valence-corrected chi connectivity index (χ1v) is 14.9. The molecule has 3 N–H and O–H groups in total. The molecule has 0 spiro atoms. The maximum Gasteiger partial charge on any atom is 0.200 e. The normalized spacial score (nSPS) is 11.6. The van der Waals surface area contributed by atoms with Crippen LogP contribution in [0.4, 0.5) is 0 Å². The maximum atomic E-state index is 11.7. The third kappa shape index (κ3) is 4.37. The molecule has 0 radical (unpaired) electrons. The molecule has 220 valence electrons. The Bertz CT molecular complexity index is 2260. The average molecular weight is 589 g/mol. The molecule has 4 nitrogen and oxygen atoms in total. The lowest BCUT2D eigenvalue weighted by Gasteiger charge is -2.23. The first kappa shape index (κ1) is 28.1. The lowest BCUT2D eigenvalue weighted by atomic mass is 9.81. The van der Waals surface area contributed by atoms with Gasteiger partial charge in [-0.05, 0) is 86.6 Å². The third-order valence-corrected chi connectivity index (χ3v) is 8.79. The summed E-state index contributed by atoms with van der Waals surface area (Å²) in [6, 6.07) is 36.1. The zero-order valence-corrected chi connectivity index (χ0v) is 25.3. The molecular weight excluding hydrogens is 556 g/mol. The summed E-state index contributed by atoms with van der Waals surface area (Å²) in [6.45, 7) is 4.22. The lowest BCUT2D eigenvalue weighted by molar-refractivity contribution is 0.369.